The molecule has 0 saturated heterocycles. The zero-order valence-corrected chi connectivity index (χ0v) is 10.4. The van der Waals surface area contributed by atoms with Gasteiger partial charge in [0.2, 0.25) is 0 Å². The summed E-state index contributed by atoms with van der Waals surface area (Å²) in [5, 5.41) is 0. The molecule has 3 rings (SSSR count). The molecule has 0 nitrogen and oxygen atoms in total. The molecule has 0 aliphatic heterocycles. The number of hydrogen-bond donors (Lipinski definition) is 0. The molecular formula is C15H24. The predicted molar refractivity (Wildman–Crippen MR) is 64.5 cm³/mol. The normalized spacial score (nSPS) is 52.9. The van der Waals surface area contributed by atoms with Crippen LogP contribution in [0.3, 0.4) is 0 Å². The number of fused-ring (bicyclic) bond motifs is 4. The molecular weight excluding hydrogens is 180 g/mol. The molecule has 0 aromatic rings. The van der Waals surface area contributed by atoms with Crippen molar-refractivity contribution in [2.75, 3.05) is 0 Å². The van der Waals surface area contributed by atoms with Crippen LogP contribution < -0.4 is 0 Å². The molecule has 0 heteroatoms. The van der Waals surface area contributed by atoms with Crippen molar-refractivity contribution in [1.29, 1.82) is 0 Å². The van der Waals surface area contributed by atoms with E-state index in [1.807, 2.05) is 0 Å². The zero-order valence-electron chi connectivity index (χ0n) is 10.4. The summed E-state index contributed by atoms with van der Waals surface area (Å²) in [7, 11) is 0. The van der Waals surface area contributed by atoms with Crippen LogP contribution in [0.5, 0.6) is 0 Å². The molecule has 15 heavy (non-hydrogen) atoms. The lowest BCUT2D eigenvalue weighted by Crippen LogP contribution is -2.52. The van der Waals surface area contributed by atoms with Crippen LogP contribution >= 0.6 is 0 Å². The van der Waals surface area contributed by atoms with Crippen LogP contribution in [0.1, 0.15) is 46.5 Å². The largest absolute Gasteiger partial charge is 0.0996 e. The van der Waals surface area contributed by atoms with Crippen molar-refractivity contribution in [2.24, 2.45) is 35.0 Å². The Morgan fingerprint density at radius 2 is 2.07 bits per heavy atom. The van der Waals surface area contributed by atoms with Crippen molar-refractivity contribution in [3.05, 3.63) is 12.2 Å². The molecule has 3 saturated carbocycles. The molecule has 0 N–H and O–H groups in total. The maximum absolute atomic E-state index is 4.32. The van der Waals surface area contributed by atoms with Crippen molar-refractivity contribution in [3.63, 3.8) is 0 Å². The van der Waals surface area contributed by atoms with Gasteiger partial charge in [-0.25, -0.2) is 0 Å². The van der Waals surface area contributed by atoms with E-state index in [9.17, 15) is 0 Å². The van der Waals surface area contributed by atoms with Gasteiger partial charge in [0.1, 0.15) is 0 Å². The lowest BCUT2D eigenvalue weighted by molar-refractivity contribution is -0.0770. The molecule has 0 heterocycles. The Bertz CT molecular complexity index is 301. The first-order chi connectivity index (χ1) is 7.05. The second-order valence-electron chi connectivity index (χ2n) is 6.81. The lowest BCUT2D eigenvalue weighted by atomic mass is 9.47. The number of rotatable bonds is 1. The first kappa shape index (κ1) is 9.93. The standard InChI is InChI=1S/C15H24/c1-9(2)11-7-8-15(4)12-6-5-10(3)13(12)14(11)15/h9,11-14H,3,5-8H2,1-2,4H3/t11-,12+,13-,14+,15-/m1/s1. The Hall–Kier alpha value is -0.260. The van der Waals surface area contributed by atoms with Crippen LogP contribution in [-0.4, -0.2) is 0 Å². The van der Waals surface area contributed by atoms with Gasteiger partial charge in [0.25, 0.3) is 0 Å². The summed E-state index contributed by atoms with van der Waals surface area (Å²) < 4.78 is 0. The van der Waals surface area contributed by atoms with E-state index < -0.39 is 0 Å². The van der Waals surface area contributed by atoms with Crippen molar-refractivity contribution in [3.8, 4) is 0 Å². The lowest BCUT2D eigenvalue weighted by Gasteiger charge is -2.57. The average Bonchev–Trinajstić information content (AvgIpc) is 2.62. The first-order valence-electron chi connectivity index (χ1n) is 6.73. The molecule has 0 aromatic heterocycles. The van der Waals surface area contributed by atoms with E-state index in [2.05, 4.69) is 27.4 Å². The topological polar surface area (TPSA) is 0 Å². The zero-order chi connectivity index (χ0) is 10.8. The van der Waals surface area contributed by atoms with Crippen LogP contribution in [0, 0.1) is 35.0 Å². The summed E-state index contributed by atoms with van der Waals surface area (Å²) in [5.41, 5.74) is 2.30. The molecule has 0 unspecified atom stereocenters. The van der Waals surface area contributed by atoms with Crippen LogP contribution in [0.25, 0.3) is 0 Å². The highest BCUT2D eigenvalue weighted by molar-refractivity contribution is 5.25. The van der Waals surface area contributed by atoms with Gasteiger partial charge in [-0.05, 0) is 60.7 Å². The van der Waals surface area contributed by atoms with E-state index in [-0.39, 0.29) is 0 Å². The van der Waals surface area contributed by atoms with Gasteiger partial charge in [0, 0.05) is 0 Å². The Morgan fingerprint density at radius 3 is 2.73 bits per heavy atom. The maximum atomic E-state index is 4.32. The number of allylic oxidation sites excluding steroid dienone is 1. The van der Waals surface area contributed by atoms with Crippen molar-refractivity contribution in [1.82, 2.24) is 0 Å². The SMILES string of the molecule is C=C1CC[C@H]2[C@@H]1[C@@H]1[C@@H](C(C)C)CC[C@@]12C. The van der Waals surface area contributed by atoms with Crippen LogP contribution in [0.2, 0.25) is 0 Å². The highest BCUT2D eigenvalue weighted by atomic mass is 14.7. The van der Waals surface area contributed by atoms with Gasteiger partial charge in [-0.1, -0.05) is 32.9 Å². The Labute approximate surface area is 94.1 Å². The van der Waals surface area contributed by atoms with E-state index in [1.165, 1.54) is 25.7 Å². The third kappa shape index (κ3) is 1.04. The summed E-state index contributed by atoms with van der Waals surface area (Å²) in [5.74, 6) is 4.80. The molecule has 3 aliphatic carbocycles. The van der Waals surface area contributed by atoms with E-state index >= 15 is 0 Å². The van der Waals surface area contributed by atoms with Gasteiger partial charge in [0.05, 0.1) is 0 Å². The minimum Gasteiger partial charge on any atom is -0.0996 e. The molecule has 3 aliphatic rings. The highest BCUT2D eigenvalue weighted by Gasteiger charge is 2.66. The maximum Gasteiger partial charge on any atom is -0.0136 e. The summed E-state index contributed by atoms with van der Waals surface area (Å²) in [6.45, 7) is 11.7. The van der Waals surface area contributed by atoms with E-state index in [0.717, 1.165) is 29.6 Å². The summed E-state index contributed by atoms with van der Waals surface area (Å²) in [4.78, 5) is 0. The minimum absolute atomic E-state index is 0.707. The first-order valence-corrected chi connectivity index (χ1v) is 6.73. The van der Waals surface area contributed by atoms with Gasteiger partial charge >= 0.3 is 0 Å². The highest BCUT2D eigenvalue weighted by Crippen LogP contribution is 2.73. The molecule has 3 fully saturated rings. The fraction of sp³-hybridized carbons (Fsp3) is 0.867. The van der Waals surface area contributed by atoms with E-state index in [0.29, 0.717) is 5.41 Å². The quantitative estimate of drug-likeness (QED) is 0.559. The minimum atomic E-state index is 0.707. The third-order valence-corrected chi connectivity index (χ3v) is 6.01. The molecule has 0 amide bonds. The molecule has 5 atom stereocenters. The Morgan fingerprint density at radius 1 is 1.33 bits per heavy atom. The molecule has 0 aromatic carbocycles. The van der Waals surface area contributed by atoms with Gasteiger partial charge in [0.15, 0.2) is 0 Å². The van der Waals surface area contributed by atoms with Crippen molar-refractivity contribution < 1.29 is 0 Å². The molecule has 0 spiro atoms. The summed E-state index contributed by atoms with van der Waals surface area (Å²) in [6.07, 6.45) is 5.75. The number of hydrogen-bond acceptors (Lipinski definition) is 0. The Balaban J connectivity index is 1.91. The van der Waals surface area contributed by atoms with Gasteiger partial charge in [-0.2, -0.15) is 0 Å². The average molecular weight is 204 g/mol. The van der Waals surface area contributed by atoms with E-state index in [1.54, 1.807) is 5.57 Å². The Kier molecular flexibility index (Phi) is 1.92. The van der Waals surface area contributed by atoms with Gasteiger partial charge in [-0.15, -0.1) is 0 Å². The van der Waals surface area contributed by atoms with E-state index in [4.69, 9.17) is 0 Å². The van der Waals surface area contributed by atoms with Crippen molar-refractivity contribution in [2.45, 2.75) is 46.5 Å². The van der Waals surface area contributed by atoms with Gasteiger partial charge in [-0.3, -0.25) is 0 Å². The van der Waals surface area contributed by atoms with Crippen LogP contribution in [-0.2, 0) is 0 Å². The van der Waals surface area contributed by atoms with Gasteiger partial charge < -0.3 is 0 Å². The monoisotopic (exact) mass is 204 g/mol. The predicted octanol–water partition coefficient (Wildman–Crippen LogP) is 4.27. The third-order valence-electron chi connectivity index (χ3n) is 6.01. The summed E-state index contributed by atoms with van der Waals surface area (Å²) in [6, 6.07) is 0. The second kappa shape index (κ2) is 2.90. The summed E-state index contributed by atoms with van der Waals surface area (Å²) >= 11 is 0. The smallest absolute Gasteiger partial charge is 0.0136 e. The fourth-order valence-corrected chi connectivity index (χ4v) is 5.27. The second-order valence-corrected chi connectivity index (χ2v) is 6.81. The molecule has 84 valence electrons. The molecule has 0 bridgehead atoms. The van der Waals surface area contributed by atoms with Crippen molar-refractivity contribution >= 4 is 0 Å². The molecule has 0 radical (unpaired) electrons. The van der Waals surface area contributed by atoms with Crippen LogP contribution in [0.4, 0.5) is 0 Å². The fourth-order valence-electron chi connectivity index (χ4n) is 5.27. The van der Waals surface area contributed by atoms with Crippen LogP contribution in [0.15, 0.2) is 12.2 Å².